The van der Waals surface area contributed by atoms with Crippen LogP contribution in [0, 0.1) is 5.41 Å². The molecule has 1 fully saturated rings. The van der Waals surface area contributed by atoms with Crippen LogP contribution in [0.25, 0.3) is 0 Å². The van der Waals surface area contributed by atoms with Gasteiger partial charge in [0.2, 0.25) is 53.2 Å². The van der Waals surface area contributed by atoms with Crippen molar-refractivity contribution in [3.63, 3.8) is 0 Å². The quantitative estimate of drug-likeness (QED) is 0.0509. The summed E-state index contributed by atoms with van der Waals surface area (Å²) in [6, 6.07) is -0.0378. The molecule has 1 aliphatic rings. The van der Waals surface area contributed by atoms with Gasteiger partial charge in [-0.15, -0.1) is 0 Å². The van der Waals surface area contributed by atoms with Gasteiger partial charge in [0, 0.05) is 39.1 Å². The third-order valence-electron chi connectivity index (χ3n) is 9.38. The van der Waals surface area contributed by atoms with Crippen LogP contribution < -0.4 is 59.3 Å². The normalized spacial score (nSPS) is 21.9. The Hall–Kier alpha value is -7.11. The number of amides is 9. The first-order valence-corrected chi connectivity index (χ1v) is 19.9. The third kappa shape index (κ3) is 17.6. The number of carbonyl (C=O) groups is 9. The van der Waals surface area contributed by atoms with Crippen molar-refractivity contribution in [2.24, 2.45) is 11.5 Å². The second-order valence-electron chi connectivity index (χ2n) is 14.4. The summed E-state index contributed by atoms with van der Waals surface area (Å²) in [4.78, 5) is 126. The summed E-state index contributed by atoms with van der Waals surface area (Å²) < 4.78 is 0. The number of primary amides is 1. The lowest BCUT2D eigenvalue weighted by atomic mass is 10.0. The molecule has 24 heteroatoms. The number of imidazole rings is 1. The van der Waals surface area contributed by atoms with Gasteiger partial charge in [0.15, 0.2) is 5.96 Å². The van der Waals surface area contributed by atoms with Gasteiger partial charge in [-0.2, -0.15) is 0 Å². The molecule has 16 N–H and O–H groups in total. The van der Waals surface area contributed by atoms with Crippen molar-refractivity contribution in [3.8, 4) is 0 Å². The molecule has 62 heavy (non-hydrogen) atoms. The largest absolute Gasteiger partial charge is 0.394 e. The maximum Gasteiger partial charge on any atom is 0.245 e. The van der Waals surface area contributed by atoms with Crippen molar-refractivity contribution in [1.82, 2.24) is 57.8 Å². The standard InChI is InChI=1S/C38H56N14O10/c1-21(54)47-25(11-7-13-44-38(40)41)34(59)51-28-16-30(55)43-12-6-5-10-24(32(39)57)48-31(56)18-45-33(58)29(19-53)52-35(60)26(14-22-8-3-2-4-9-22)49-36(61)27(50-37(28)62)15-23-17-42-20-46-23/h2-4,8-9,17,20,24-29,53H,5-7,10-16,18-19H2,1H3,(H2,39,57)(H,42,46)(H,43,55)(H,45,58)(H,47,54)(H,48,56)(H,49,61)(H,50,62)(H,51,59)(H,52,60)(H4,40,41,44)/t24-,25-,26+,27-,28-,29-/m0/s1. The van der Waals surface area contributed by atoms with E-state index in [4.69, 9.17) is 16.9 Å². The Kier molecular flexibility index (Phi) is 20.3. The number of nitrogens with two attached hydrogens (primary N) is 2. The molecule has 1 aromatic carbocycles. The van der Waals surface area contributed by atoms with E-state index >= 15 is 0 Å². The van der Waals surface area contributed by atoms with Gasteiger partial charge in [-0.3, -0.25) is 48.6 Å². The molecule has 9 amide bonds. The van der Waals surface area contributed by atoms with E-state index in [2.05, 4.69) is 57.8 Å². The van der Waals surface area contributed by atoms with Crippen LogP contribution in [-0.2, 0) is 56.0 Å². The highest BCUT2D eigenvalue weighted by Gasteiger charge is 2.34. The smallest absolute Gasteiger partial charge is 0.245 e. The highest BCUT2D eigenvalue weighted by Crippen LogP contribution is 2.09. The number of guanidine groups is 1. The van der Waals surface area contributed by atoms with Gasteiger partial charge in [-0.25, -0.2) is 4.98 Å². The summed E-state index contributed by atoms with van der Waals surface area (Å²) in [5.74, 6) is -7.89. The topological polar surface area (TPSA) is 387 Å². The SMILES string of the molecule is CC(=O)N[C@@H](CCCNC(=N)N)C(=O)N[C@H]1CC(=O)NCCCC[C@@H](C(N)=O)NC(=O)CNC(=O)[C@H](CO)NC(=O)[C@@H](Cc2ccccc2)NC(=O)[C@H](Cc2c[nH]cn2)NC1=O. The molecule has 338 valence electrons. The van der Waals surface area contributed by atoms with Crippen molar-refractivity contribution >= 4 is 59.1 Å². The minimum absolute atomic E-state index is 0.0326. The van der Waals surface area contributed by atoms with Crippen LogP contribution in [-0.4, -0.2) is 137 Å². The Morgan fingerprint density at radius 1 is 0.871 bits per heavy atom. The van der Waals surface area contributed by atoms with Crippen LogP contribution in [0.1, 0.15) is 56.7 Å². The Balaban J connectivity index is 2.01. The van der Waals surface area contributed by atoms with Crippen molar-refractivity contribution in [2.75, 3.05) is 26.2 Å². The molecular weight excluding hydrogens is 813 g/mol. The lowest BCUT2D eigenvalue weighted by Gasteiger charge is -2.27. The molecule has 0 saturated carbocycles. The fourth-order valence-electron chi connectivity index (χ4n) is 6.20. The first kappa shape index (κ1) is 49.3. The van der Waals surface area contributed by atoms with Crippen LogP contribution in [0.15, 0.2) is 42.9 Å². The Morgan fingerprint density at radius 2 is 1.55 bits per heavy atom. The molecule has 0 spiro atoms. The van der Waals surface area contributed by atoms with Gasteiger partial charge < -0.3 is 69.4 Å². The number of aliphatic hydroxyl groups excluding tert-OH is 1. The number of benzene rings is 1. The summed E-state index contributed by atoms with van der Waals surface area (Å²) in [7, 11) is 0. The summed E-state index contributed by atoms with van der Waals surface area (Å²) in [5, 5.41) is 39.9. The van der Waals surface area contributed by atoms with Gasteiger partial charge >= 0.3 is 0 Å². The number of hydrogen-bond donors (Lipinski definition) is 14. The molecule has 0 bridgehead atoms. The lowest BCUT2D eigenvalue weighted by Crippen LogP contribution is -2.60. The number of rotatable bonds is 13. The number of nitrogens with zero attached hydrogens (tertiary/aromatic N) is 1. The van der Waals surface area contributed by atoms with E-state index in [1.807, 2.05) is 0 Å². The second kappa shape index (κ2) is 25.5. The third-order valence-corrected chi connectivity index (χ3v) is 9.38. The first-order chi connectivity index (χ1) is 29.6. The number of H-pyrrole nitrogens is 1. The predicted octanol–water partition coefficient (Wildman–Crippen LogP) is -5.33. The summed E-state index contributed by atoms with van der Waals surface area (Å²) >= 11 is 0. The Bertz CT molecular complexity index is 1880. The molecule has 3 rings (SSSR count). The molecule has 2 heterocycles. The highest BCUT2D eigenvalue weighted by atomic mass is 16.3. The van der Waals surface area contributed by atoms with E-state index in [0.717, 1.165) is 0 Å². The molecule has 2 aromatic rings. The van der Waals surface area contributed by atoms with Crippen molar-refractivity contribution < 1.29 is 48.3 Å². The molecule has 1 saturated heterocycles. The molecule has 1 aromatic heterocycles. The zero-order valence-corrected chi connectivity index (χ0v) is 34.2. The maximum absolute atomic E-state index is 14.2. The van der Waals surface area contributed by atoms with Crippen molar-refractivity contribution in [1.29, 1.82) is 5.41 Å². The van der Waals surface area contributed by atoms with Crippen molar-refractivity contribution in [3.05, 3.63) is 54.1 Å². The number of carbonyl (C=O) groups excluding carboxylic acids is 9. The Labute approximate surface area is 356 Å². The summed E-state index contributed by atoms with van der Waals surface area (Å²) in [6.45, 7) is -0.167. The van der Waals surface area contributed by atoms with E-state index < -0.39 is 109 Å². The van der Waals surface area contributed by atoms with Gasteiger partial charge in [0.1, 0.15) is 36.3 Å². The second-order valence-corrected chi connectivity index (χ2v) is 14.4. The molecule has 0 radical (unpaired) electrons. The number of hydrogen-bond acceptors (Lipinski definition) is 12. The van der Waals surface area contributed by atoms with Crippen LogP contribution in [0.5, 0.6) is 0 Å². The maximum atomic E-state index is 14.2. The van der Waals surface area contributed by atoms with E-state index in [9.17, 15) is 48.3 Å². The van der Waals surface area contributed by atoms with Crippen LogP contribution in [0.3, 0.4) is 0 Å². The van der Waals surface area contributed by atoms with E-state index in [0.29, 0.717) is 11.3 Å². The Morgan fingerprint density at radius 3 is 2.18 bits per heavy atom. The minimum Gasteiger partial charge on any atom is -0.394 e. The van der Waals surface area contributed by atoms with Gasteiger partial charge in [0.05, 0.1) is 31.6 Å². The molecular formula is C38H56N14O10. The molecule has 6 atom stereocenters. The fraction of sp³-hybridized carbons (Fsp3) is 0.500. The van der Waals surface area contributed by atoms with Crippen LogP contribution in [0.4, 0.5) is 0 Å². The van der Waals surface area contributed by atoms with Crippen LogP contribution >= 0.6 is 0 Å². The van der Waals surface area contributed by atoms with E-state index in [1.54, 1.807) is 30.3 Å². The number of aromatic amines is 1. The van der Waals surface area contributed by atoms with Gasteiger partial charge in [-0.1, -0.05) is 30.3 Å². The monoisotopic (exact) mass is 868 g/mol. The van der Waals surface area contributed by atoms with E-state index in [1.165, 1.54) is 19.4 Å². The average molecular weight is 869 g/mol. The van der Waals surface area contributed by atoms with Gasteiger partial charge in [0.25, 0.3) is 0 Å². The molecule has 0 unspecified atom stereocenters. The van der Waals surface area contributed by atoms with Crippen molar-refractivity contribution in [2.45, 2.75) is 94.5 Å². The van der Waals surface area contributed by atoms with Crippen LogP contribution in [0.2, 0.25) is 0 Å². The molecule has 24 nitrogen and oxygen atoms in total. The fourth-order valence-corrected chi connectivity index (χ4v) is 6.20. The summed E-state index contributed by atoms with van der Waals surface area (Å²) in [6.07, 6.45) is 2.64. The average Bonchev–Trinajstić information content (AvgIpc) is 3.74. The highest BCUT2D eigenvalue weighted by molar-refractivity contribution is 5.98. The zero-order chi connectivity index (χ0) is 45.6. The zero-order valence-electron chi connectivity index (χ0n) is 34.2. The number of aliphatic hydroxyl groups is 1. The number of aromatic nitrogens is 2. The first-order valence-electron chi connectivity index (χ1n) is 19.9. The van der Waals surface area contributed by atoms with E-state index in [-0.39, 0.29) is 64.0 Å². The molecule has 0 aliphatic carbocycles. The minimum atomic E-state index is -1.63. The summed E-state index contributed by atoms with van der Waals surface area (Å²) in [5.41, 5.74) is 11.7. The lowest BCUT2D eigenvalue weighted by molar-refractivity contribution is -0.136. The number of nitrogens with one attached hydrogen (secondary N) is 11. The van der Waals surface area contributed by atoms with Gasteiger partial charge in [-0.05, 0) is 37.7 Å². The molecule has 1 aliphatic heterocycles. The predicted molar refractivity (Wildman–Crippen MR) is 220 cm³/mol.